The van der Waals surface area contributed by atoms with Crippen LogP contribution in [-0.4, -0.2) is 95.0 Å². The maximum atomic E-state index is 12.2. The minimum Gasteiger partial charge on any atom is -0.463 e. The minimum atomic E-state index is -4.81. The topological polar surface area (TPSA) is 225 Å². The van der Waals surface area contributed by atoms with Crippen molar-refractivity contribution in [1.29, 1.82) is 0 Å². The molecule has 0 aromatic heterocycles. The lowest BCUT2D eigenvalue weighted by atomic mass is 10.1. The van der Waals surface area contributed by atoms with E-state index in [9.17, 15) is 43.8 Å². The molecule has 0 aromatic carbocycles. The molecule has 15 nitrogen and oxygen atoms in total. The molecule has 0 rings (SSSR count). The fourth-order valence-corrected chi connectivity index (χ4v) is 7.06. The van der Waals surface area contributed by atoms with Crippen LogP contribution in [0.4, 0.5) is 0 Å². The van der Waals surface area contributed by atoms with Gasteiger partial charge in [-0.1, -0.05) is 142 Å². The molecule has 5 unspecified atom stereocenters. The number of allylic oxidation sites excluding steroid dienone is 18. The predicted molar refractivity (Wildman–Crippen MR) is 269 cm³/mol. The second-order valence-electron chi connectivity index (χ2n) is 15.7. The van der Waals surface area contributed by atoms with Gasteiger partial charge in [0.25, 0.3) is 0 Å². The van der Waals surface area contributed by atoms with E-state index in [1.807, 2.05) is 12.2 Å². The normalized spacial score (nSPS) is 15.9. The summed E-state index contributed by atoms with van der Waals surface area (Å²) in [6, 6.07) is 0. The Bertz CT molecular complexity index is 1630. The summed E-state index contributed by atoms with van der Waals surface area (Å²) in [5, 5.41) is 30.0. The molecule has 0 spiro atoms. The van der Waals surface area contributed by atoms with Gasteiger partial charge >= 0.3 is 27.6 Å². The van der Waals surface area contributed by atoms with Crippen molar-refractivity contribution in [2.45, 2.75) is 161 Å². The van der Waals surface area contributed by atoms with Crippen molar-refractivity contribution >= 4 is 27.6 Å². The van der Waals surface area contributed by atoms with Gasteiger partial charge in [0.2, 0.25) is 0 Å². The van der Waals surface area contributed by atoms with Crippen LogP contribution in [0.15, 0.2) is 109 Å². The van der Waals surface area contributed by atoms with Crippen LogP contribution >= 0.6 is 15.6 Å². The van der Waals surface area contributed by atoms with Crippen LogP contribution in [0.3, 0.4) is 0 Å². The number of unbranched alkanes of at least 4 members (excludes halogenated alkanes) is 7. The summed E-state index contributed by atoms with van der Waals surface area (Å²) in [6.45, 7) is 0.139. The van der Waals surface area contributed by atoms with Gasteiger partial charge in [-0.15, -0.1) is 0 Å². The monoisotopic (exact) mass is 999 g/mol. The van der Waals surface area contributed by atoms with E-state index in [1.54, 1.807) is 0 Å². The van der Waals surface area contributed by atoms with Crippen molar-refractivity contribution < 1.29 is 71.4 Å². The maximum absolute atomic E-state index is 12.2. The Labute approximate surface area is 407 Å². The molecule has 17 heteroatoms. The Morgan fingerprint density at radius 2 is 0.691 bits per heavy atom. The van der Waals surface area contributed by atoms with Crippen LogP contribution < -0.4 is 0 Å². The lowest BCUT2D eigenvalue weighted by Crippen LogP contribution is -2.25. The average molecular weight is 999 g/mol. The van der Waals surface area contributed by atoms with Gasteiger partial charge in [-0.25, -0.2) is 9.13 Å². The number of esters is 2. The van der Waals surface area contributed by atoms with E-state index >= 15 is 0 Å². The average Bonchev–Trinajstić information content (AvgIpc) is 3.31. The lowest BCUT2D eigenvalue weighted by Gasteiger charge is -2.19. The zero-order valence-electron chi connectivity index (χ0n) is 40.7. The second kappa shape index (κ2) is 46.1. The first-order valence-electron chi connectivity index (χ1n) is 24.2. The van der Waals surface area contributed by atoms with Gasteiger partial charge in [-0.3, -0.25) is 27.7 Å². The van der Waals surface area contributed by atoms with Crippen molar-refractivity contribution in [3.8, 4) is 0 Å². The number of ether oxygens (including phenoxy) is 2. The van der Waals surface area contributed by atoms with Crippen molar-refractivity contribution in [2.24, 2.45) is 0 Å². The van der Waals surface area contributed by atoms with Crippen LogP contribution in [0, 0.1) is 0 Å². The van der Waals surface area contributed by atoms with Crippen LogP contribution in [0.2, 0.25) is 0 Å². The lowest BCUT2D eigenvalue weighted by molar-refractivity contribution is -0.148. The van der Waals surface area contributed by atoms with Crippen LogP contribution in [0.1, 0.15) is 142 Å². The number of phosphoric acid groups is 2. The van der Waals surface area contributed by atoms with E-state index in [0.717, 1.165) is 77.0 Å². The Morgan fingerprint density at radius 3 is 1.04 bits per heavy atom. The van der Waals surface area contributed by atoms with Gasteiger partial charge in [-0.05, 0) is 96.3 Å². The highest BCUT2D eigenvalue weighted by atomic mass is 31.2. The quantitative estimate of drug-likeness (QED) is 0.0166. The Morgan fingerprint density at radius 1 is 0.397 bits per heavy atom. The van der Waals surface area contributed by atoms with E-state index < -0.39 is 85.5 Å². The van der Waals surface area contributed by atoms with Gasteiger partial charge in [0.15, 0.2) is 0 Å². The van der Waals surface area contributed by atoms with Crippen molar-refractivity contribution in [1.82, 2.24) is 0 Å². The Balaban J connectivity index is 4.00. The number of hydrogen-bond donors (Lipinski definition) is 5. The SMILES string of the molecule is CC/C=C\C/C=C\C/C=C\C/C=C\C/C=C\CCCCCC(=O)OCC(O)COP(=O)(O)OCC(O)COP(=O)(O)OCC(O)COC(=O)CCC/C=C\C/C=C\C/C=C\C/C=C\CCCCC. The largest absolute Gasteiger partial charge is 0.472 e. The molecule has 0 saturated carbocycles. The minimum absolute atomic E-state index is 0.115. The number of phosphoric ester groups is 2. The van der Waals surface area contributed by atoms with Crippen LogP contribution in [0.25, 0.3) is 0 Å². The highest BCUT2D eigenvalue weighted by molar-refractivity contribution is 7.47. The molecule has 0 fully saturated rings. The molecule has 388 valence electrons. The third-order valence-corrected chi connectivity index (χ3v) is 11.1. The molecule has 68 heavy (non-hydrogen) atoms. The molecule has 0 heterocycles. The Kier molecular flexibility index (Phi) is 43.9. The van der Waals surface area contributed by atoms with Crippen LogP contribution in [0.5, 0.6) is 0 Å². The third-order valence-electron chi connectivity index (χ3n) is 9.21. The fourth-order valence-electron chi connectivity index (χ4n) is 5.46. The molecular weight excluding hydrogens is 914 g/mol. The number of rotatable bonds is 45. The van der Waals surface area contributed by atoms with E-state index in [0.29, 0.717) is 19.3 Å². The first-order chi connectivity index (χ1) is 32.8. The summed E-state index contributed by atoms with van der Waals surface area (Å²) >= 11 is 0. The van der Waals surface area contributed by atoms with Crippen LogP contribution in [-0.2, 0) is 46.3 Å². The van der Waals surface area contributed by atoms with E-state index in [4.69, 9.17) is 9.47 Å². The Hall–Kier alpha value is -3.30. The summed E-state index contributed by atoms with van der Waals surface area (Å²) in [5.41, 5.74) is 0. The number of carbonyl (C=O) groups is 2. The molecule has 5 atom stereocenters. The zero-order chi connectivity index (χ0) is 50.2. The standard InChI is InChI=1S/C51H84O15P2/c1-3-5-7-9-11-13-15-17-19-21-22-24-26-28-30-32-34-36-38-40-51(56)62-42-48(53)44-64-68(59,60)66-46-49(54)45-65-67(57,58)63-43-47(52)41-61-50(55)39-37-35-33-31-29-27-25-23-20-18-16-14-12-10-8-6-4-2/h5,7,11-14,17-20,22,24-25,27-28,30-31,33,47-49,52-54H,3-4,6,8-10,15-16,21,23,26,29,32,34-46H2,1-2H3,(H,57,58)(H,59,60)/b7-5-,13-11-,14-12-,19-17-,20-18-,24-22-,27-25-,30-28-,33-31-. The summed E-state index contributed by atoms with van der Waals surface area (Å²) < 4.78 is 52.9. The van der Waals surface area contributed by atoms with Crippen molar-refractivity contribution in [3.05, 3.63) is 109 Å². The fraction of sp³-hybridized carbons (Fsp3) is 0.608. The first-order valence-corrected chi connectivity index (χ1v) is 27.2. The smallest absolute Gasteiger partial charge is 0.463 e. The molecule has 0 aliphatic rings. The van der Waals surface area contributed by atoms with Gasteiger partial charge in [-0.2, -0.15) is 0 Å². The molecule has 0 aliphatic carbocycles. The summed E-state index contributed by atoms with van der Waals surface area (Å²) in [4.78, 5) is 43.7. The highest BCUT2D eigenvalue weighted by Crippen LogP contribution is 2.45. The second-order valence-corrected chi connectivity index (χ2v) is 18.6. The van der Waals surface area contributed by atoms with E-state index in [-0.39, 0.29) is 12.8 Å². The molecule has 0 amide bonds. The molecule has 0 saturated heterocycles. The van der Waals surface area contributed by atoms with Gasteiger partial charge in [0.05, 0.1) is 26.4 Å². The first kappa shape index (κ1) is 64.7. The van der Waals surface area contributed by atoms with Gasteiger partial charge in [0.1, 0.15) is 31.5 Å². The highest BCUT2D eigenvalue weighted by Gasteiger charge is 2.28. The number of hydrogen-bond acceptors (Lipinski definition) is 13. The number of carbonyl (C=O) groups excluding carboxylic acids is 2. The van der Waals surface area contributed by atoms with E-state index in [2.05, 4.69) is 129 Å². The zero-order valence-corrected chi connectivity index (χ0v) is 42.5. The maximum Gasteiger partial charge on any atom is 0.472 e. The van der Waals surface area contributed by atoms with Gasteiger partial charge < -0.3 is 34.6 Å². The van der Waals surface area contributed by atoms with Crippen molar-refractivity contribution in [3.63, 3.8) is 0 Å². The third kappa shape index (κ3) is 47.8. The molecule has 0 bridgehead atoms. The molecular formula is C51H84O15P2. The predicted octanol–water partition coefficient (Wildman–Crippen LogP) is 11.3. The van der Waals surface area contributed by atoms with E-state index in [1.165, 1.54) is 19.3 Å². The molecule has 0 aromatic rings. The summed E-state index contributed by atoms with van der Waals surface area (Å²) in [7, 11) is -9.61. The number of aliphatic hydroxyl groups is 3. The van der Waals surface area contributed by atoms with Crippen molar-refractivity contribution in [2.75, 3.05) is 39.6 Å². The molecule has 0 radical (unpaired) electrons. The molecule has 5 N–H and O–H groups in total. The molecule has 0 aliphatic heterocycles. The number of aliphatic hydroxyl groups excluding tert-OH is 3. The summed E-state index contributed by atoms with van der Waals surface area (Å²) in [6.07, 6.45) is 50.8. The summed E-state index contributed by atoms with van der Waals surface area (Å²) in [5.74, 6) is -1.09. The van der Waals surface area contributed by atoms with Gasteiger partial charge in [0, 0.05) is 12.8 Å².